The number of benzene rings is 3. The largest absolute Gasteiger partial charge is 0.351 e. The average Bonchev–Trinajstić information content (AvgIpc) is 3.55. The van der Waals surface area contributed by atoms with Crippen molar-refractivity contribution in [3.05, 3.63) is 59.7 Å². The summed E-state index contributed by atoms with van der Waals surface area (Å²) in [4.78, 5) is 27.5. The Morgan fingerprint density at radius 2 is 1.79 bits per heavy atom. The molecule has 9 heteroatoms. The van der Waals surface area contributed by atoms with Crippen molar-refractivity contribution < 1.29 is 14.3 Å². The van der Waals surface area contributed by atoms with E-state index in [1.54, 1.807) is 11.9 Å². The fraction of sp³-hybridized carbons (Fsp3) is 0.310. The van der Waals surface area contributed by atoms with E-state index in [1.165, 1.54) is 0 Å². The van der Waals surface area contributed by atoms with Crippen LogP contribution in [0.5, 0.6) is 0 Å². The van der Waals surface area contributed by atoms with E-state index >= 15 is 0 Å². The summed E-state index contributed by atoms with van der Waals surface area (Å²) in [5.74, 6) is -0.0413. The molecule has 3 aliphatic heterocycles. The third kappa shape index (κ3) is 2.35. The maximum absolute atomic E-state index is 13.4. The van der Waals surface area contributed by atoms with Crippen molar-refractivity contribution in [3.8, 4) is 0 Å². The number of hydrogen-bond donors (Lipinski definition) is 3. The zero-order valence-corrected chi connectivity index (χ0v) is 21.4. The van der Waals surface area contributed by atoms with E-state index in [9.17, 15) is 9.59 Å². The summed E-state index contributed by atoms with van der Waals surface area (Å²) in [5.41, 5.74) is 10.8. The quantitative estimate of drug-likeness (QED) is 0.338. The average molecular weight is 509 g/mol. The maximum Gasteiger partial charge on any atom is 0.314 e. The van der Waals surface area contributed by atoms with Crippen LogP contribution in [0.4, 0.5) is 4.79 Å². The number of carbonyl (C=O) groups is 2. The van der Waals surface area contributed by atoms with Gasteiger partial charge in [-0.1, -0.05) is 36.4 Å². The minimum Gasteiger partial charge on any atom is -0.351 e. The summed E-state index contributed by atoms with van der Waals surface area (Å²) in [6.07, 6.45) is 0.158. The molecule has 9 nitrogen and oxygen atoms in total. The van der Waals surface area contributed by atoms with Crippen LogP contribution >= 0.6 is 0 Å². The Morgan fingerprint density at radius 3 is 2.50 bits per heavy atom. The first-order valence-electron chi connectivity index (χ1n) is 13.0. The van der Waals surface area contributed by atoms with Gasteiger partial charge >= 0.3 is 6.03 Å². The van der Waals surface area contributed by atoms with Gasteiger partial charge in [0.15, 0.2) is 5.72 Å². The van der Waals surface area contributed by atoms with Crippen molar-refractivity contribution in [3.63, 3.8) is 0 Å². The molecule has 192 valence electrons. The van der Waals surface area contributed by atoms with Gasteiger partial charge in [-0.15, -0.1) is 0 Å². The number of primary amides is 1. The van der Waals surface area contributed by atoms with Gasteiger partial charge in [-0.3, -0.25) is 4.79 Å². The van der Waals surface area contributed by atoms with E-state index in [2.05, 4.69) is 51.0 Å². The molecule has 3 aromatic carbocycles. The number of carbonyl (C=O) groups excluding carboxylic acids is 2. The van der Waals surface area contributed by atoms with Gasteiger partial charge in [0.05, 0.1) is 39.7 Å². The van der Waals surface area contributed by atoms with Crippen LogP contribution in [-0.2, 0) is 17.0 Å². The second kappa shape index (κ2) is 7.06. The SMILES string of the molecule is CN[C@H]1[C@@H](N(C)C(N)=O)C[C@@H]2O[C@@]1(C)n1c3ccccc3c3c4c(c5c6ccccc6n2c5c31)C(=O)NC4. The van der Waals surface area contributed by atoms with Crippen LogP contribution in [0, 0.1) is 0 Å². The smallest absolute Gasteiger partial charge is 0.314 e. The summed E-state index contributed by atoms with van der Waals surface area (Å²) in [6, 6.07) is 15.6. The molecule has 1 saturated heterocycles. The Kier molecular flexibility index (Phi) is 4.08. The zero-order chi connectivity index (χ0) is 26.1. The molecule has 8 rings (SSSR count). The van der Waals surface area contributed by atoms with Gasteiger partial charge < -0.3 is 35.1 Å². The first kappa shape index (κ1) is 22.0. The number of urea groups is 1. The molecule has 0 saturated carbocycles. The van der Waals surface area contributed by atoms with Gasteiger partial charge in [0.1, 0.15) is 6.23 Å². The molecule has 4 N–H and O–H groups in total. The number of aromatic nitrogens is 2. The second-order valence-electron chi connectivity index (χ2n) is 10.9. The van der Waals surface area contributed by atoms with Gasteiger partial charge in [0.25, 0.3) is 5.91 Å². The molecular formula is C29H28N6O3. The summed E-state index contributed by atoms with van der Waals surface area (Å²) < 4.78 is 11.7. The molecule has 0 spiro atoms. The van der Waals surface area contributed by atoms with Crippen LogP contribution < -0.4 is 16.4 Å². The number of nitrogens with two attached hydrogens (primary N) is 1. The van der Waals surface area contributed by atoms with Gasteiger partial charge in [0, 0.05) is 41.6 Å². The normalized spacial score (nSPS) is 25.9. The molecule has 5 aromatic rings. The van der Waals surface area contributed by atoms with E-state index in [0.29, 0.717) is 13.0 Å². The van der Waals surface area contributed by atoms with Gasteiger partial charge in [-0.05, 0) is 31.7 Å². The van der Waals surface area contributed by atoms with Crippen molar-refractivity contribution in [2.24, 2.45) is 5.73 Å². The zero-order valence-electron chi connectivity index (χ0n) is 21.4. The highest BCUT2D eigenvalue weighted by Crippen LogP contribution is 2.53. The topological polar surface area (TPSA) is 107 Å². The molecule has 0 aliphatic carbocycles. The van der Waals surface area contributed by atoms with E-state index in [-0.39, 0.29) is 24.2 Å². The van der Waals surface area contributed by atoms with Gasteiger partial charge in [0.2, 0.25) is 0 Å². The van der Waals surface area contributed by atoms with E-state index < -0.39 is 11.8 Å². The van der Waals surface area contributed by atoms with Crippen LogP contribution in [0.25, 0.3) is 43.6 Å². The third-order valence-electron chi connectivity index (χ3n) is 9.18. The summed E-state index contributed by atoms with van der Waals surface area (Å²) in [6.45, 7) is 2.59. The van der Waals surface area contributed by atoms with Crippen LogP contribution in [0.2, 0.25) is 0 Å². The summed E-state index contributed by atoms with van der Waals surface area (Å²) >= 11 is 0. The van der Waals surface area contributed by atoms with Crippen molar-refractivity contribution in [2.45, 2.75) is 43.9 Å². The van der Waals surface area contributed by atoms with Crippen LogP contribution in [-0.4, -0.2) is 52.2 Å². The third-order valence-corrected chi connectivity index (χ3v) is 9.18. The Balaban J connectivity index is 1.66. The molecule has 2 bridgehead atoms. The number of nitrogens with one attached hydrogen (secondary N) is 2. The second-order valence-corrected chi connectivity index (χ2v) is 10.9. The minimum atomic E-state index is -0.870. The number of nitrogens with zero attached hydrogens (tertiary/aromatic N) is 3. The van der Waals surface area contributed by atoms with Crippen LogP contribution in [0.3, 0.4) is 0 Å². The highest BCUT2D eigenvalue weighted by atomic mass is 16.5. The van der Waals surface area contributed by atoms with E-state index in [4.69, 9.17) is 10.5 Å². The molecule has 0 unspecified atom stereocenters. The molecule has 1 fully saturated rings. The van der Waals surface area contributed by atoms with Crippen LogP contribution in [0.1, 0.15) is 35.5 Å². The predicted molar refractivity (Wildman–Crippen MR) is 146 cm³/mol. The number of likely N-dealkylation sites (N-methyl/N-ethyl adjacent to an activating group) is 2. The van der Waals surface area contributed by atoms with Crippen molar-refractivity contribution in [2.75, 3.05) is 14.1 Å². The number of rotatable bonds is 2. The first-order chi connectivity index (χ1) is 18.4. The Hall–Kier alpha value is -4.08. The molecule has 2 aromatic heterocycles. The summed E-state index contributed by atoms with van der Waals surface area (Å²) in [5, 5.41) is 10.7. The van der Waals surface area contributed by atoms with Crippen LogP contribution in [0.15, 0.2) is 48.5 Å². The Morgan fingerprint density at radius 1 is 1.11 bits per heavy atom. The van der Waals surface area contributed by atoms with Gasteiger partial charge in [-0.25, -0.2) is 4.79 Å². The number of hydrogen-bond acceptors (Lipinski definition) is 4. The lowest BCUT2D eigenvalue weighted by atomic mass is 9.89. The maximum atomic E-state index is 13.4. The fourth-order valence-corrected chi connectivity index (χ4v) is 7.69. The lowest BCUT2D eigenvalue weighted by molar-refractivity contribution is -0.218. The molecule has 5 heterocycles. The number of amides is 3. The Labute approximate surface area is 218 Å². The summed E-state index contributed by atoms with van der Waals surface area (Å²) in [7, 11) is 3.67. The first-order valence-corrected chi connectivity index (χ1v) is 13.0. The monoisotopic (exact) mass is 508 g/mol. The molecule has 0 radical (unpaired) electrons. The highest BCUT2D eigenvalue weighted by molar-refractivity contribution is 6.31. The van der Waals surface area contributed by atoms with Crippen molar-refractivity contribution in [1.82, 2.24) is 24.7 Å². The van der Waals surface area contributed by atoms with Crippen molar-refractivity contribution in [1.29, 1.82) is 0 Å². The lowest BCUT2D eigenvalue weighted by Gasteiger charge is -2.51. The molecule has 4 atom stereocenters. The highest BCUT2D eigenvalue weighted by Gasteiger charge is 2.53. The Bertz CT molecular complexity index is 1890. The molecule has 38 heavy (non-hydrogen) atoms. The standard InChI is InChI=1S/C29H28N6O3/c1-29-26(31-2)19(33(3)28(30)37)12-20(38-29)34-17-10-6-4-8-14(17)22-23-16(13-32-27(23)36)21-15-9-5-7-11-18(15)35(29)25(21)24(22)34/h4-11,19-20,26,31H,12-13H2,1-3H3,(H2,30,37)(H,32,36)/t19-,20-,26-,29+/m0/s1. The molecule has 3 aliphatic rings. The van der Waals surface area contributed by atoms with Crippen molar-refractivity contribution >= 4 is 55.5 Å². The minimum absolute atomic E-state index is 0.0413. The molecular weight excluding hydrogens is 480 g/mol. The van der Waals surface area contributed by atoms with E-state index in [1.807, 2.05) is 31.3 Å². The number of ether oxygens (including phenoxy) is 1. The fourth-order valence-electron chi connectivity index (χ4n) is 7.69. The number of para-hydroxylation sites is 2. The van der Waals surface area contributed by atoms with E-state index in [0.717, 1.165) is 54.7 Å². The molecule has 3 amide bonds. The van der Waals surface area contributed by atoms with Gasteiger partial charge in [-0.2, -0.15) is 0 Å². The predicted octanol–water partition coefficient (Wildman–Crippen LogP) is 3.72. The number of fused-ring (bicyclic) bond motifs is 13. The lowest BCUT2D eigenvalue weighted by Crippen LogP contribution is -2.65.